The van der Waals surface area contributed by atoms with E-state index in [1.165, 1.54) is 54.4 Å². The Morgan fingerprint density at radius 1 is 1.16 bits per heavy atom. The molecule has 0 unspecified atom stereocenters. The Bertz CT molecular complexity index is 399. The minimum atomic E-state index is 0.131. The molecule has 0 spiro atoms. The number of rotatable bonds is 3. The number of hydrogen-bond acceptors (Lipinski definition) is 4. The summed E-state index contributed by atoms with van der Waals surface area (Å²) >= 11 is 6.32. The van der Waals surface area contributed by atoms with Crippen LogP contribution in [0.3, 0.4) is 0 Å². The summed E-state index contributed by atoms with van der Waals surface area (Å²) in [6.45, 7) is 10.2. The van der Waals surface area contributed by atoms with E-state index in [1.807, 2.05) is 11.3 Å². The molecule has 1 saturated heterocycles. The molecule has 0 aromatic carbocycles. The van der Waals surface area contributed by atoms with Gasteiger partial charge in [-0.3, -0.25) is 4.90 Å². The van der Waals surface area contributed by atoms with E-state index in [1.54, 1.807) is 0 Å². The fourth-order valence-electron chi connectivity index (χ4n) is 2.65. The van der Waals surface area contributed by atoms with Crippen molar-refractivity contribution >= 4 is 24.0 Å². The minimum Gasteiger partial charge on any atom is -0.297 e. The maximum atomic E-state index is 4.90. The van der Waals surface area contributed by atoms with Crippen LogP contribution in [-0.2, 0) is 17.7 Å². The minimum absolute atomic E-state index is 0.131. The number of thiazole rings is 1. The maximum absolute atomic E-state index is 4.90. The quantitative estimate of drug-likeness (QED) is 0.840. The molecule has 1 aliphatic heterocycles. The van der Waals surface area contributed by atoms with E-state index >= 15 is 0 Å². The number of nitrogens with zero attached hydrogens (tertiary/aromatic N) is 2. The van der Waals surface area contributed by atoms with E-state index in [0.717, 1.165) is 12.3 Å². The largest absolute Gasteiger partial charge is 0.297 e. The molecule has 19 heavy (non-hydrogen) atoms. The first-order valence-electron chi connectivity index (χ1n) is 7.33. The Hall–Kier alpha value is -0.0600. The van der Waals surface area contributed by atoms with E-state index < -0.39 is 0 Å². The SMILES string of the molecule is CC(C)(C)c1nc(CN2CCCCCC2)sc1CS. The van der Waals surface area contributed by atoms with Crippen LogP contribution < -0.4 is 0 Å². The summed E-state index contributed by atoms with van der Waals surface area (Å²) in [5.41, 5.74) is 1.38. The summed E-state index contributed by atoms with van der Waals surface area (Å²) in [6.07, 6.45) is 5.47. The van der Waals surface area contributed by atoms with Gasteiger partial charge in [0.25, 0.3) is 0 Å². The maximum Gasteiger partial charge on any atom is 0.107 e. The smallest absolute Gasteiger partial charge is 0.107 e. The van der Waals surface area contributed by atoms with Crippen LogP contribution in [0.2, 0.25) is 0 Å². The van der Waals surface area contributed by atoms with Crippen LogP contribution in [0.25, 0.3) is 0 Å². The van der Waals surface area contributed by atoms with Gasteiger partial charge in [-0.05, 0) is 25.9 Å². The number of likely N-dealkylation sites (tertiary alicyclic amines) is 1. The van der Waals surface area contributed by atoms with E-state index in [0.29, 0.717) is 0 Å². The van der Waals surface area contributed by atoms with Crippen molar-refractivity contribution in [3.05, 3.63) is 15.6 Å². The Balaban J connectivity index is 2.10. The lowest BCUT2D eigenvalue weighted by atomic mass is 9.91. The highest BCUT2D eigenvalue weighted by Gasteiger charge is 2.23. The van der Waals surface area contributed by atoms with Crippen molar-refractivity contribution in [1.82, 2.24) is 9.88 Å². The van der Waals surface area contributed by atoms with Crippen LogP contribution in [0.4, 0.5) is 0 Å². The van der Waals surface area contributed by atoms with Crippen LogP contribution in [0.15, 0.2) is 0 Å². The molecule has 0 atom stereocenters. The number of hydrogen-bond donors (Lipinski definition) is 1. The molecule has 2 rings (SSSR count). The van der Waals surface area contributed by atoms with Gasteiger partial charge in [-0.1, -0.05) is 33.6 Å². The van der Waals surface area contributed by atoms with Crippen LogP contribution in [0.1, 0.15) is 62.0 Å². The Morgan fingerprint density at radius 2 is 1.79 bits per heavy atom. The fraction of sp³-hybridized carbons (Fsp3) is 0.800. The monoisotopic (exact) mass is 298 g/mol. The zero-order valence-corrected chi connectivity index (χ0v) is 14.1. The Kier molecular flexibility index (Phi) is 5.32. The highest BCUT2D eigenvalue weighted by atomic mass is 32.1. The lowest BCUT2D eigenvalue weighted by Gasteiger charge is -2.18. The summed E-state index contributed by atoms with van der Waals surface area (Å²) in [6, 6.07) is 0. The second-order valence-electron chi connectivity index (χ2n) is 6.48. The molecule has 1 aromatic rings. The lowest BCUT2D eigenvalue weighted by Crippen LogP contribution is -2.24. The first-order valence-corrected chi connectivity index (χ1v) is 8.78. The van der Waals surface area contributed by atoms with E-state index in [-0.39, 0.29) is 5.41 Å². The van der Waals surface area contributed by atoms with Crippen LogP contribution in [0, 0.1) is 0 Å². The van der Waals surface area contributed by atoms with E-state index in [4.69, 9.17) is 4.98 Å². The molecule has 0 saturated carbocycles. The summed E-state index contributed by atoms with van der Waals surface area (Å²) in [5, 5.41) is 1.27. The molecule has 1 fully saturated rings. The molecule has 0 amide bonds. The van der Waals surface area contributed by atoms with Crippen molar-refractivity contribution in [1.29, 1.82) is 0 Å². The third-order valence-corrected chi connectivity index (χ3v) is 5.22. The zero-order chi connectivity index (χ0) is 13.9. The predicted molar refractivity (Wildman–Crippen MR) is 87.2 cm³/mol. The molecule has 2 heterocycles. The van der Waals surface area contributed by atoms with Crippen LogP contribution >= 0.6 is 24.0 Å². The third kappa shape index (κ3) is 4.20. The van der Waals surface area contributed by atoms with Gasteiger partial charge in [0.15, 0.2) is 0 Å². The lowest BCUT2D eigenvalue weighted by molar-refractivity contribution is 0.276. The highest BCUT2D eigenvalue weighted by Crippen LogP contribution is 2.31. The fourth-order valence-corrected chi connectivity index (χ4v) is 4.17. The van der Waals surface area contributed by atoms with Gasteiger partial charge in [-0.2, -0.15) is 12.6 Å². The third-order valence-electron chi connectivity index (χ3n) is 3.65. The van der Waals surface area contributed by atoms with Crippen LogP contribution in [-0.4, -0.2) is 23.0 Å². The molecular formula is C15H26N2S2. The number of aromatic nitrogens is 1. The summed E-state index contributed by atoms with van der Waals surface area (Å²) in [7, 11) is 0. The van der Waals surface area contributed by atoms with Crippen molar-refractivity contribution in [3.8, 4) is 0 Å². The average Bonchev–Trinajstić information content (AvgIpc) is 2.59. The van der Waals surface area contributed by atoms with E-state index in [9.17, 15) is 0 Å². The standard InChI is InChI=1S/C15H26N2S2/c1-15(2,3)14-12(11-18)19-13(16-14)10-17-8-6-4-5-7-9-17/h18H,4-11H2,1-3H3. The first-order chi connectivity index (χ1) is 9.00. The average molecular weight is 299 g/mol. The zero-order valence-electron chi connectivity index (χ0n) is 12.4. The molecule has 4 heteroatoms. The van der Waals surface area contributed by atoms with Gasteiger partial charge < -0.3 is 0 Å². The summed E-state index contributed by atoms with van der Waals surface area (Å²) < 4.78 is 0. The Morgan fingerprint density at radius 3 is 2.26 bits per heavy atom. The summed E-state index contributed by atoms with van der Waals surface area (Å²) in [4.78, 5) is 8.82. The first kappa shape index (κ1) is 15.3. The molecule has 0 radical (unpaired) electrons. The van der Waals surface area contributed by atoms with Crippen molar-refractivity contribution in [3.63, 3.8) is 0 Å². The predicted octanol–water partition coefficient (Wildman–Crippen LogP) is 4.25. The Labute approximate surface area is 127 Å². The summed E-state index contributed by atoms with van der Waals surface area (Å²) in [5.74, 6) is 0.810. The molecule has 108 valence electrons. The van der Waals surface area contributed by atoms with Crippen LogP contribution in [0.5, 0.6) is 0 Å². The van der Waals surface area contributed by atoms with Crippen molar-refractivity contribution in [2.75, 3.05) is 13.1 Å². The second kappa shape index (κ2) is 6.59. The van der Waals surface area contributed by atoms with E-state index in [2.05, 4.69) is 38.3 Å². The van der Waals surface area contributed by atoms with Gasteiger partial charge in [0.1, 0.15) is 5.01 Å². The molecule has 0 aliphatic carbocycles. The molecule has 0 N–H and O–H groups in total. The normalized spacial score (nSPS) is 18.5. The van der Waals surface area contributed by atoms with Crippen molar-refractivity contribution < 1.29 is 0 Å². The molecule has 1 aromatic heterocycles. The molecule has 0 bridgehead atoms. The van der Waals surface area contributed by atoms with Gasteiger partial charge in [0, 0.05) is 16.0 Å². The molecule has 2 nitrogen and oxygen atoms in total. The highest BCUT2D eigenvalue weighted by molar-refractivity contribution is 7.79. The van der Waals surface area contributed by atoms with Gasteiger partial charge in [-0.25, -0.2) is 4.98 Å². The van der Waals surface area contributed by atoms with Crippen molar-refractivity contribution in [2.24, 2.45) is 0 Å². The van der Waals surface area contributed by atoms with Gasteiger partial charge in [0.2, 0.25) is 0 Å². The van der Waals surface area contributed by atoms with Gasteiger partial charge >= 0.3 is 0 Å². The topological polar surface area (TPSA) is 16.1 Å². The number of thiol groups is 1. The molecular weight excluding hydrogens is 272 g/mol. The van der Waals surface area contributed by atoms with Gasteiger partial charge in [0.05, 0.1) is 12.2 Å². The molecule has 1 aliphatic rings. The van der Waals surface area contributed by atoms with Crippen molar-refractivity contribution in [2.45, 2.75) is 64.2 Å². The van der Waals surface area contributed by atoms with Gasteiger partial charge in [-0.15, -0.1) is 11.3 Å². The second-order valence-corrected chi connectivity index (χ2v) is 7.96.